The molecule has 0 unspecified atom stereocenters. The fourth-order valence-corrected chi connectivity index (χ4v) is 4.93. The molecule has 0 fully saturated rings. The SMILES string of the molecule is Cc1csc(CN)c1S(=O)(=O)N(C)CC(C)(C)C. The molecule has 0 aliphatic carbocycles. The highest BCUT2D eigenvalue weighted by atomic mass is 32.2. The van der Waals surface area contributed by atoms with E-state index < -0.39 is 10.0 Å². The first-order chi connectivity index (χ1) is 8.09. The Morgan fingerprint density at radius 3 is 2.39 bits per heavy atom. The first kappa shape index (κ1) is 15.6. The van der Waals surface area contributed by atoms with Gasteiger partial charge >= 0.3 is 0 Å². The van der Waals surface area contributed by atoms with E-state index >= 15 is 0 Å². The molecule has 1 aromatic rings. The van der Waals surface area contributed by atoms with Crippen LogP contribution in [0.4, 0.5) is 0 Å². The Kier molecular flexibility index (Phi) is 4.59. The number of hydrogen-bond donors (Lipinski definition) is 1. The van der Waals surface area contributed by atoms with Crippen molar-refractivity contribution >= 4 is 21.4 Å². The Labute approximate surface area is 114 Å². The van der Waals surface area contributed by atoms with Crippen molar-refractivity contribution in [3.8, 4) is 0 Å². The van der Waals surface area contributed by atoms with E-state index in [-0.39, 0.29) is 12.0 Å². The van der Waals surface area contributed by atoms with Crippen LogP contribution in [-0.2, 0) is 16.6 Å². The van der Waals surface area contributed by atoms with Crippen LogP contribution in [0.2, 0.25) is 0 Å². The van der Waals surface area contributed by atoms with Crippen molar-refractivity contribution in [1.29, 1.82) is 0 Å². The predicted molar refractivity (Wildman–Crippen MR) is 76.2 cm³/mol. The maximum absolute atomic E-state index is 12.5. The van der Waals surface area contributed by atoms with Gasteiger partial charge in [0.1, 0.15) is 4.90 Å². The number of sulfonamides is 1. The second-order valence-electron chi connectivity index (χ2n) is 5.70. The Bertz CT molecular complexity index is 513. The van der Waals surface area contributed by atoms with Gasteiger partial charge in [0.05, 0.1) is 0 Å². The summed E-state index contributed by atoms with van der Waals surface area (Å²) in [5.41, 5.74) is 6.32. The molecule has 0 saturated carbocycles. The fraction of sp³-hybridized carbons (Fsp3) is 0.667. The molecular weight excluding hydrogens is 268 g/mol. The van der Waals surface area contributed by atoms with Crippen LogP contribution in [0.15, 0.2) is 10.3 Å². The second kappa shape index (κ2) is 5.28. The van der Waals surface area contributed by atoms with Crippen LogP contribution in [0, 0.1) is 12.3 Å². The van der Waals surface area contributed by atoms with Crippen molar-refractivity contribution in [2.75, 3.05) is 13.6 Å². The average Bonchev–Trinajstić information content (AvgIpc) is 2.57. The fourth-order valence-electron chi connectivity index (χ4n) is 1.88. The Balaban J connectivity index is 3.17. The van der Waals surface area contributed by atoms with Gasteiger partial charge in [-0.2, -0.15) is 0 Å². The third-order valence-corrected chi connectivity index (χ3v) is 5.83. The van der Waals surface area contributed by atoms with Crippen LogP contribution in [0.3, 0.4) is 0 Å². The summed E-state index contributed by atoms with van der Waals surface area (Å²) in [6.45, 7) is 8.61. The largest absolute Gasteiger partial charge is 0.326 e. The zero-order chi connectivity index (χ0) is 14.1. The maximum atomic E-state index is 12.5. The van der Waals surface area contributed by atoms with Crippen molar-refractivity contribution < 1.29 is 8.42 Å². The monoisotopic (exact) mass is 290 g/mol. The standard InChI is InChI=1S/C12H22N2O2S2/c1-9-7-17-10(6-13)11(9)18(15,16)14(5)8-12(2,3)4/h7H,6,8,13H2,1-5H3. The number of rotatable bonds is 4. The molecule has 1 aromatic heterocycles. The maximum Gasteiger partial charge on any atom is 0.244 e. The lowest BCUT2D eigenvalue weighted by atomic mass is 9.97. The number of thiophene rings is 1. The molecule has 0 aromatic carbocycles. The highest BCUT2D eigenvalue weighted by Gasteiger charge is 2.29. The Morgan fingerprint density at radius 2 is 1.94 bits per heavy atom. The Hall–Kier alpha value is -0.430. The van der Waals surface area contributed by atoms with Gasteiger partial charge < -0.3 is 5.73 Å². The van der Waals surface area contributed by atoms with E-state index in [1.165, 1.54) is 15.6 Å². The van der Waals surface area contributed by atoms with E-state index in [1.807, 2.05) is 33.1 Å². The highest BCUT2D eigenvalue weighted by Crippen LogP contribution is 2.30. The lowest BCUT2D eigenvalue weighted by Gasteiger charge is -2.26. The zero-order valence-corrected chi connectivity index (χ0v) is 13.3. The van der Waals surface area contributed by atoms with Gasteiger partial charge in [0.25, 0.3) is 0 Å². The van der Waals surface area contributed by atoms with Gasteiger partial charge in [-0.15, -0.1) is 11.3 Å². The summed E-state index contributed by atoms with van der Waals surface area (Å²) in [7, 11) is -1.82. The zero-order valence-electron chi connectivity index (χ0n) is 11.6. The quantitative estimate of drug-likeness (QED) is 0.924. The summed E-state index contributed by atoms with van der Waals surface area (Å²) in [5, 5.41) is 1.85. The van der Waals surface area contributed by atoms with Crippen molar-refractivity contribution in [1.82, 2.24) is 4.31 Å². The molecule has 0 bridgehead atoms. The molecule has 0 aliphatic heterocycles. The Morgan fingerprint density at radius 1 is 1.39 bits per heavy atom. The summed E-state index contributed by atoms with van der Waals surface area (Å²) in [6, 6.07) is 0. The summed E-state index contributed by atoms with van der Waals surface area (Å²) in [4.78, 5) is 1.12. The highest BCUT2D eigenvalue weighted by molar-refractivity contribution is 7.89. The van der Waals surface area contributed by atoms with E-state index in [0.717, 1.165) is 10.4 Å². The van der Waals surface area contributed by atoms with Crippen LogP contribution in [0.1, 0.15) is 31.2 Å². The van der Waals surface area contributed by atoms with E-state index in [2.05, 4.69) is 0 Å². The topological polar surface area (TPSA) is 63.4 Å². The molecule has 18 heavy (non-hydrogen) atoms. The third-order valence-electron chi connectivity index (χ3n) is 2.54. The van der Waals surface area contributed by atoms with Gasteiger partial charge in [-0.05, 0) is 23.3 Å². The summed E-state index contributed by atoms with van der Waals surface area (Å²) < 4.78 is 26.5. The molecule has 1 heterocycles. The van der Waals surface area contributed by atoms with Crippen LogP contribution in [0.25, 0.3) is 0 Å². The number of hydrogen-bond acceptors (Lipinski definition) is 4. The minimum absolute atomic E-state index is 0.0748. The molecule has 0 atom stereocenters. The van der Waals surface area contributed by atoms with E-state index in [4.69, 9.17) is 5.73 Å². The van der Waals surface area contributed by atoms with E-state index in [9.17, 15) is 8.42 Å². The normalized spacial score (nSPS) is 13.3. The molecule has 0 aliphatic rings. The molecule has 6 heteroatoms. The third kappa shape index (κ3) is 3.32. The van der Waals surface area contributed by atoms with Gasteiger partial charge in [0.2, 0.25) is 10.0 Å². The number of aryl methyl sites for hydroxylation is 1. The van der Waals surface area contributed by atoms with Crippen molar-refractivity contribution in [3.63, 3.8) is 0 Å². The summed E-state index contributed by atoms with van der Waals surface area (Å²) in [5.74, 6) is 0. The van der Waals surface area contributed by atoms with Crippen molar-refractivity contribution in [2.45, 2.75) is 39.1 Å². The molecule has 0 amide bonds. The molecule has 104 valence electrons. The minimum atomic E-state index is -3.44. The van der Waals surface area contributed by atoms with Crippen LogP contribution in [-0.4, -0.2) is 26.3 Å². The predicted octanol–water partition coefficient (Wildman–Crippen LogP) is 2.18. The minimum Gasteiger partial charge on any atom is -0.326 e. The lowest BCUT2D eigenvalue weighted by molar-refractivity contribution is 0.310. The lowest BCUT2D eigenvalue weighted by Crippen LogP contribution is -2.35. The van der Waals surface area contributed by atoms with Crippen LogP contribution < -0.4 is 5.73 Å². The summed E-state index contributed by atoms with van der Waals surface area (Å²) in [6.07, 6.45) is 0. The molecule has 4 nitrogen and oxygen atoms in total. The first-order valence-corrected chi connectivity index (χ1v) is 8.15. The first-order valence-electron chi connectivity index (χ1n) is 5.83. The number of nitrogens with two attached hydrogens (primary N) is 1. The van der Waals surface area contributed by atoms with Gasteiger partial charge in [-0.25, -0.2) is 12.7 Å². The van der Waals surface area contributed by atoms with Crippen LogP contribution in [0.5, 0.6) is 0 Å². The van der Waals surface area contributed by atoms with E-state index in [1.54, 1.807) is 7.05 Å². The average molecular weight is 290 g/mol. The molecule has 1 rings (SSSR count). The summed E-state index contributed by atoms with van der Waals surface area (Å²) >= 11 is 1.41. The van der Waals surface area contributed by atoms with Gasteiger partial charge in [0, 0.05) is 25.0 Å². The van der Waals surface area contributed by atoms with Gasteiger partial charge in [-0.1, -0.05) is 20.8 Å². The molecular formula is C12H22N2O2S2. The number of nitrogens with zero attached hydrogens (tertiary/aromatic N) is 1. The molecule has 0 radical (unpaired) electrons. The van der Waals surface area contributed by atoms with Gasteiger partial charge in [0.15, 0.2) is 0 Å². The van der Waals surface area contributed by atoms with Crippen LogP contribution >= 0.6 is 11.3 Å². The molecule has 2 N–H and O–H groups in total. The van der Waals surface area contributed by atoms with Gasteiger partial charge in [-0.3, -0.25) is 0 Å². The van der Waals surface area contributed by atoms with Crippen molar-refractivity contribution in [2.24, 2.45) is 11.1 Å². The molecule has 0 spiro atoms. The van der Waals surface area contributed by atoms with Crippen molar-refractivity contribution in [3.05, 3.63) is 15.8 Å². The second-order valence-corrected chi connectivity index (χ2v) is 8.64. The molecule has 0 saturated heterocycles. The van der Waals surface area contributed by atoms with E-state index in [0.29, 0.717) is 11.4 Å². The smallest absolute Gasteiger partial charge is 0.244 e.